The Kier molecular flexibility index (Phi) is 27.8. The van der Waals surface area contributed by atoms with Gasteiger partial charge in [-0.2, -0.15) is 52.7 Å². The van der Waals surface area contributed by atoms with Gasteiger partial charge in [0.25, 0.3) is 23.6 Å². The first-order chi connectivity index (χ1) is 60.1. The summed E-state index contributed by atoms with van der Waals surface area (Å²) in [6, 6.07) is 37.7. The highest BCUT2D eigenvalue weighted by molar-refractivity contribution is 5.97. The molecular formula is C96H106F14N8O10. The molecule has 0 aliphatic heterocycles. The van der Waals surface area contributed by atoms with E-state index in [1.54, 1.807) is 83.4 Å². The van der Waals surface area contributed by atoms with Gasteiger partial charge in [-0.05, 0) is 289 Å². The van der Waals surface area contributed by atoms with Crippen LogP contribution in [0.25, 0.3) is 0 Å². The maximum absolute atomic E-state index is 15.5. The molecule has 4 aromatic heterocycles. The van der Waals surface area contributed by atoms with Gasteiger partial charge >= 0.3 is 24.7 Å². The second-order valence-electron chi connectivity index (χ2n) is 36.2. The molecule has 8 saturated carbocycles. The quantitative estimate of drug-likeness (QED) is 0.0388. The number of carbonyl (C=O) groups excluding carboxylic acids is 4. The molecule has 16 rings (SSSR count). The molecule has 4 aromatic carbocycles. The molecular weight excluding hydrogens is 1690 g/mol. The Balaban J connectivity index is 0.000000146. The Hall–Kier alpha value is -9.86. The number of carbonyl (C=O) groups is 4. The second kappa shape index (κ2) is 37.2. The van der Waals surface area contributed by atoms with Crippen LogP contribution < -0.4 is 0 Å². The molecule has 18 nitrogen and oxygen atoms in total. The number of amides is 4. The van der Waals surface area contributed by atoms with Gasteiger partial charge in [0.2, 0.25) is 0 Å². The molecule has 4 heterocycles. The van der Waals surface area contributed by atoms with Gasteiger partial charge < -0.3 is 50.2 Å². The van der Waals surface area contributed by atoms with Gasteiger partial charge in [0.05, 0.1) is 11.4 Å². The molecule has 4 amide bonds. The average Bonchev–Trinajstić information content (AvgIpc) is 1.61. The first-order valence-electron chi connectivity index (χ1n) is 43.5. The fourth-order valence-electron chi connectivity index (χ4n) is 17.9. The summed E-state index contributed by atoms with van der Waals surface area (Å²) in [5, 5.41) is 61.5. The number of rotatable bonds is 20. The molecule has 4 atom stereocenters. The normalized spacial score (nSPS) is 25.8. The van der Waals surface area contributed by atoms with Crippen LogP contribution in [0.1, 0.15) is 268 Å². The summed E-state index contributed by atoms with van der Waals surface area (Å²) in [5.74, 6) is -0.968. The lowest BCUT2D eigenvalue weighted by molar-refractivity contribution is -0.259. The first kappa shape index (κ1) is 95.7. The van der Waals surface area contributed by atoms with Crippen LogP contribution in [0.15, 0.2) is 195 Å². The summed E-state index contributed by atoms with van der Waals surface area (Å²) in [7, 11) is 0. The topological polar surface area (TPSA) is 254 Å². The lowest BCUT2D eigenvalue weighted by Gasteiger charge is -2.41. The third-order valence-electron chi connectivity index (χ3n) is 27.0. The zero-order chi connectivity index (χ0) is 92.6. The van der Waals surface area contributed by atoms with Crippen molar-refractivity contribution in [3.8, 4) is 0 Å². The SMILES string of the molecule is C[C@](O)(c1ccc(C(=O)N(C2CC2)C2CCC(F)(c3cccnc3)CC2)cc1)C(F)(F)F.C[C@](O)(c1ccc(C(=O)N(C2CC2)C2CCC(F)(c3cccnc3)CC2)cc1)C(F)(F)F.C[C@](O)(c1ccc(C(=O)N(C2CC2)C2CCC(O)(c3ccccn3)CC2)cc1)C(F)(F)F.C[C@](O)(c1ccc(C(=O)N(C2CC2)C2CCC(O)(c3ccccn3)CC2)cc1)C(F)(F)F. The number of hydrogen-bond donors (Lipinski definition) is 6. The van der Waals surface area contributed by atoms with Crippen LogP contribution >= 0.6 is 0 Å². The third kappa shape index (κ3) is 21.1. The van der Waals surface area contributed by atoms with Gasteiger partial charge in [-0.15, -0.1) is 0 Å². The Bertz CT molecular complexity index is 4430. The number of aliphatic hydroxyl groups is 6. The van der Waals surface area contributed by atoms with Crippen LogP contribution in [0.5, 0.6) is 0 Å². The van der Waals surface area contributed by atoms with Crippen LogP contribution in [0, 0.1) is 0 Å². The molecule has 128 heavy (non-hydrogen) atoms. The van der Waals surface area contributed by atoms with Crippen molar-refractivity contribution in [3.05, 3.63) is 262 Å². The smallest absolute Gasteiger partial charge is 0.384 e. The molecule has 0 radical (unpaired) electrons. The first-order valence-corrected chi connectivity index (χ1v) is 43.5. The number of benzene rings is 4. The molecule has 0 unspecified atom stereocenters. The molecule has 0 saturated heterocycles. The van der Waals surface area contributed by atoms with E-state index in [1.165, 1.54) is 48.5 Å². The molecule has 8 fully saturated rings. The molecule has 8 aliphatic carbocycles. The van der Waals surface area contributed by atoms with E-state index >= 15 is 8.78 Å². The molecule has 0 bridgehead atoms. The molecule has 688 valence electrons. The van der Waals surface area contributed by atoms with E-state index in [-0.39, 0.29) is 131 Å². The summed E-state index contributed by atoms with van der Waals surface area (Å²) in [4.78, 5) is 76.9. The standard InChI is InChI=1S/2C24H26F4N2O2.2C24H27F3N2O3/c2*1-22(32,24(26,27)28)17-6-4-16(5-7-17)21(31)30(19-8-9-19)20-10-12-23(25,13-11-20)18-3-2-14-29-15-18;2*1-22(31,24(25,26)27)17-7-5-16(6-8-17)21(30)29(18-9-10-18)19-11-13-23(32,14-12-19)20-4-2-3-15-28-20/h2*2-7,14-15,19-20,32H,8-13H2,1H3;2*2-8,15,18-19,31-32H,9-14H2,1H3/t2*20?,22-,23?;2*19?,22-,23?/m0000/s1. The minimum Gasteiger partial charge on any atom is -0.384 e. The molecule has 8 aromatic rings. The van der Waals surface area contributed by atoms with Crippen molar-refractivity contribution in [1.82, 2.24) is 39.5 Å². The molecule has 0 spiro atoms. The molecule has 32 heteroatoms. The summed E-state index contributed by atoms with van der Waals surface area (Å²) >= 11 is 0. The van der Waals surface area contributed by atoms with Crippen LogP contribution in [0.4, 0.5) is 61.5 Å². The summed E-state index contributed by atoms with van der Waals surface area (Å²) in [6.45, 7) is 2.78. The van der Waals surface area contributed by atoms with Crippen LogP contribution in [0.2, 0.25) is 0 Å². The molecule has 6 N–H and O–H groups in total. The fraction of sp³-hybridized carbons (Fsp3) is 0.500. The highest BCUT2D eigenvalue weighted by atomic mass is 19.4. The predicted molar refractivity (Wildman–Crippen MR) is 444 cm³/mol. The Morgan fingerprint density at radius 2 is 0.508 bits per heavy atom. The lowest BCUT2D eigenvalue weighted by atomic mass is 9.79. The fourth-order valence-corrected chi connectivity index (χ4v) is 17.9. The Morgan fingerprint density at radius 3 is 0.688 bits per heavy atom. The van der Waals surface area contributed by atoms with Gasteiger partial charge in [0, 0.05) is 119 Å². The van der Waals surface area contributed by atoms with Crippen LogP contribution in [-0.4, -0.2) is 167 Å². The summed E-state index contributed by atoms with van der Waals surface area (Å²) in [6.07, 6.45) is 4.97. The minimum absolute atomic E-state index is 0.0445. The van der Waals surface area contributed by atoms with E-state index in [1.807, 2.05) is 34.1 Å². The van der Waals surface area contributed by atoms with Gasteiger partial charge in [-0.25, -0.2) is 8.78 Å². The van der Waals surface area contributed by atoms with Crippen LogP contribution in [0.3, 0.4) is 0 Å². The van der Waals surface area contributed by atoms with E-state index in [9.17, 15) is 103 Å². The molecule has 8 aliphatic rings. The van der Waals surface area contributed by atoms with Crippen molar-refractivity contribution >= 4 is 23.6 Å². The number of alkyl halides is 14. The summed E-state index contributed by atoms with van der Waals surface area (Å²) < 4.78 is 188. The number of halogens is 14. The largest absolute Gasteiger partial charge is 0.421 e. The highest BCUT2D eigenvalue weighted by Crippen LogP contribution is 2.51. The van der Waals surface area contributed by atoms with Gasteiger partial charge in [-0.1, -0.05) is 72.8 Å². The monoisotopic (exact) mass is 1800 g/mol. The van der Waals surface area contributed by atoms with Crippen LogP contribution in [-0.2, 0) is 44.9 Å². The zero-order valence-corrected chi connectivity index (χ0v) is 71.3. The maximum atomic E-state index is 15.5. The van der Waals surface area contributed by atoms with Crippen molar-refractivity contribution in [2.45, 2.75) is 300 Å². The van der Waals surface area contributed by atoms with Crippen molar-refractivity contribution in [2.24, 2.45) is 0 Å². The third-order valence-corrected chi connectivity index (χ3v) is 27.0. The average molecular weight is 1800 g/mol. The Labute approximate surface area is 732 Å². The maximum Gasteiger partial charge on any atom is 0.421 e. The van der Waals surface area contributed by atoms with Crippen molar-refractivity contribution in [1.29, 1.82) is 0 Å². The van der Waals surface area contributed by atoms with Crippen molar-refractivity contribution in [2.75, 3.05) is 0 Å². The second-order valence-corrected chi connectivity index (χ2v) is 36.2. The number of hydrogen-bond acceptors (Lipinski definition) is 14. The van der Waals surface area contributed by atoms with Gasteiger partial charge in [0.15, 0.2) is 22.4 Å². The number of nitrogens with zero attached hydrogens (tertiary/aromatic N) is 8. The number of aromatic nitrogens is 4. The summed E-state index contributed by atoms with van der Waals surface area (Å²) in [5.41, 5.74) is -14.7. The highest BCUT2D eigenvalue weighted by Gasteiger charge is 2.56. The zero-order valence-electron chi connectivity index (χ0n) is 71.3. The number of pyridine rings is 4. The van der Waals surface area contributed by atoms with Gasteiger partial charge in [0.1, 0.15) is 22.5 Å². The van der Waals surface area contributed by atoms with E-state index < -0.39 is 69.6 Å². The lowest BCUT2D eigenvalue weighted by Crippen LogP contribution is -2.46. The minimum atomic E-state index is -4.83. The predicted octanol–water partition coefficient (Wildman–Crippen LogP) is 19.1. The van der Waals surface area contributed by atoms with E-state index in [4.69, 9.17) is 0 Å². The van der Waals surface area contributed by atoms with E-state index in [0.29, 0.717) is 138 Å². The van der Waals surface area contributed by atoms with Crippen molar-refractivity contribution in [3.63, 3.8) is 0 Å². The Morgan fingerprint density at radius 1 is 0.297 bits per heavy atom. The van der Waals surface area contributed by atoms with Gasteiger partial charge in [-0.3, -0.25) is 39.1 Å². The van der Waals surface area contributed by atoms with E-state index in [2.05, 4.69) is 19.9 Å². The van der Waals surface area contributed by atoms with Crippen molar-refractivity contribution < 1.29 is 111 Å². The van der Waals surface area contributed by atoms with E-state index in [0.717, 1.165) is 99.9 Å².